The summed E-state index contributed by atoms with van der Waals surface area (Å²) in [5, 5.41) is 2.04. The second-order valence-electron chi connectivity index (χ2n) is 13.4. The molecule has 2 heterocycles. The van der Waals surface area contributed by atoms with Crippen molar-refractivity contribution in [2.24, 2.45) is 4.99 Å². The number of hydrogen-bond acceptors (Lipinski definition) is 6. The quantitative estimate of drug-likeness (QED) is 0.106. The van der Waals surface area contributed by atoms with E-state index in [2.05, 4.69) is 18.8 Å². The molecule has 0 aliphatic carbocycles. The number of halogens is 1. The van der Waals surface area contributed by atoms with Gasteiger partial charge in [0.05, 0.1) is 30.9 Å². The molecule has 0 saturated heterocycles. The monoisotopic (exact) mass is 718 g/mol. The highest BCUT2D eigenvalue weighted by Crippen LogP contribution is 2.43. The molecule has 1 unspecified atom stereocenters. The van der Waals surface area contributed by atoms with Gasteiger partial charge in [0.15, 0.2) is 5.17 Å². The number of carbonyl (C=O) groups excluding carboxylic acids is 1. The Kier molecular flexibility index (Phi) is 10.8. The molecule has 7 nitrogen and oxygen atoms in total. The number of rotatable bonds is 12. The van der Waals surface area contributed by atoms with Gasteiger partial charge >= 0.3 is 0 Å². The molecular formula is C41H43FN4O3SSi. The van der Waals surface area contributed by atoms with Crippen molar-refractivity contribution in [3.05, 3.63) is 144 Å². The highest BCUT2D eigenvalue weighted by molar-refractivity contribution is 8.13. The number of nitrogens with zero attached hydrogens (tertiary/aromatic N) is 4. The summed E-state index contributed by atoms with van der Waals surface area (Å²) in [7, 11) is -1.61. The predicted octanol–water partition coefficient (Wildman–Crippen LogP) is 7.67. The normalized spacial score (nSPS) is 15.0. The first-order valence-corrected chi connectivity index (χ1v) is 20.2. The van der Waals surface area contributed by atoms with Crippen LogP contribution in [0, 0.1) is 12.7 Å². The zero-order valence-electron chi connectivity index (χ0n) is 29.6. The van der Waals surface area contributed by atoms with Crippen LogP contribution < -0.4 is 15.1 Å². The molecule has 4 aromatic carbocycles. The van der Waals surface area contributed by atoms with Crippen LogP contribution in [0.1, 0.15) is 56.0 Å². The van der Waals surface area contributed by atoms with E-state index in [-0.39, 0.29) is 11.7 Å². The van der Waals surface area contributed by atoms with Gasteiger partial charge in [0.2, 0.25) is 0 Å². The molecule has 1 aliphatic heterocycles. The third-order valence-electron chi connectivity index (χ3n) is 9.75. The number of ether oxygens (including phenoxy) is 1. The molecule has 262 valence electrons. The maximum absolute atomic E-state index is 14.3. The van der Waals surface area contributed by atoms with E-state index in [4.69, 9.17) is 9.73 Å². The number of amides is 1. The maximum Gasteiger partial charge on any atom is 0.279 e. The Balaban J connectivity index is 1.29. The van der Waals surface area contributed by atoms with Crippen molar-refractivity contribution in [1.82, 2.24) is 14.5 Å². The number of carbonyl (C=O) groups is 1. The van der Waals surface area contributed by atoms with Crippen molar-refractivity contribution in [2.75, 3.05) is 13.4 Å². The molecule has 0 saturated carbocycles. The van der Waals surface area contributed by atoms with Crippen LogP contribution in [-0.4, -0.2) is 52.0 Å². The Labute approximate surface area is 304 Å². The van der Waals surface area contributed by atoms with E-state index < -0.39 is 19.4 Å². The van der Waals surface area contributed by atoms with Crippen LogP contribution in [0.25, 0.3) is 11.8 Å². The van der Waals surface area contributed by atoms with E-state index >= 15 is 0 Å². The van der Waals surface area contributed by atoms with Crippen LogP contribution in [0.2, 0.25) is 5.04 Å². The average molecular weight is 719 g/mol. The molecule has 0 fully saturated rings. The minimum atomic E-state index is -3.22. The summed E-state index contributed by atoms with van der Waals surface area (Å²) in [6.45, 7) is 6.23. The molecule has 51 heavy (non-hydrogen) atoms. The number of methoxy groups -OCH3 is 1. The first-order chi connectivity index (χ1) is 24.6. The standard InChI is InChI=1S/C41H43FN4O3SSi/c1-29-27-45(28-43-29)37-23-18-30(26-38(37)49-4)25-35-39(47)46(40(44-35)50-5)36(31-19-21-32(42)22-20-31)17-12-24-41(2,3)51(48,33-13-8-6-9-14-33)34-15-10-7-11-16-34/h6-11,13-16,18-23,25-28,36,48H,12,17,24H2,1-5H3/b35-25-. The zero-order chi connectivity index (χ0) is 36.2. The van der Waals surface area contributed by atoms with Crippen molar-refractivity contribution in [3.63, 3.8) is 0 Å². The van der Waals surface area contributed by atoms with E-state index in [0.29, 0.717) is 35.9 Å². The lowest BCUT2D eigenvalue weighted by molar-refractivity contribution is -0.124. The van der Waals surface area contributed by atoms with Crippen LogP contribution >= 0.6 is 11.8 Å². The summed E-state index contributed by atoms with van der Waals surface area (Å²) in [4.78, 5) is 37.9. The lowest BCUT2D eigenvalue weighted by Gasteiger charge is -2.41. The summed E-state index contributed by atoms with van der Waals surface area (Å²) in [6, 6.07) is 31.7. The second-order valence-corrected chi connectivity index (χ2v) is 18.1. The fourth-order valence-corrected chi connectivity index (χ4v) is 11.4. The first kappa shape index (κ1) is 36.0. The lowest BCUT2D eigenvalue weighted by atomic mass is 9.96. The molecule has 1 aliphatic rings. The van der Waals surface area contributed by atoms with Gasteiger partial charge in [0, 0.05) is 6.20 Å². The highest BCUT2D eigenvalue weighted by Gasteiger charge is 2.49. The Morgan fingerprint density at radius 2 is 1.63 bits per heavy atom. The molecule has 10 heteroatoms. The summed E-state index contributed by atoms with van der Waals surface area (Å²) in [5.74, 6) is 0.0795. The van der Waals surface area contributed by atoms with E-state index in [1.165, 1.54) is 23.9 Å². The molecule has 1 aromatic heterocycles. The number of aliphatic imine (C=N–C) groups is 1. The predicted molar refractivity (Wildman–Crippen MR) is 208 cm³/mol. The topological polar surface area (TPSA) is 80.0 Å². The third-order valence-corrected chi connectivity index (χ3v) is 14.9. The Bertz CT molecular complexity index is 2010. The van der Waals surface area contributed by atoms with Crippen LogP contribution in [0.15, 0.2) is 126 Å². The molecular weight excluding hydrogens is 676 g/mol. The first-order valence-electron chi connectivity index (χ1n) is 17.0. The van der Waals surface area contributed by atoms with Gasteiger partial charge in [-0.3, -0.25) is 9.69 Å². The van der Waals surface area contributed by atoms with Gasteiger partial charge < -0.3 is 14.1 Å². The van der Waals surface area contributed by atoms with E-state index in [0.717, 1.165) is 32.9 Å². The Morgan fingerprint density at radius 3 is 2.20 bits per heavy atom. The van der Waals surface area contributed by atoms with Gasteiger partial charge in [-0.1, -0.05) is 111 Å². The van der Waals surface area contributed by atoms with Gasteiger partial charge in [-0.2, -0.15) is 0 Å². The summed E-state index contributed by atoms with van der Waals surface area (Å²) < 4.78 is 21.8. The van der Waals surface area contributed by atoms with Gasteiger partial charge in [-0.25, -0.2) is 14.4 Å². The van der Waals surface area contributed by atoms with Gasteiger partial charge in [0.1, 0.15) is 17.3 Å². The number of aromatic nitrogens is 2. The van der Waals surface area contributed by atoms with Crippen LogP contribution in [-0.2, 0) is 4.79 Å². The average Bonchev–Trinajstić information content (AvgIpc) is 3.72. The number of amidine groups is 1. The molecule has 0 bridgehead atoms. The smallest absolute Gasteiger partial charge is 0.279 e. The Hall–Kier alpha value is -4.77. The van der Waals surface area contributed by atoms with Crippen LogP contribution in [0.5, 0.6) is 5.75 Å². The molecule has 6 rings (SSSR count). The van der Waals surface area contributed by atoms with Crippen LogP contribution in [0.3, 0.4) is 0 Å². The fourth-order valence-electron chi connectivity index (χ4n) is 6.99. The zero-order valence-corrected chi connectivity index (χ0v) is 31.4. The highest BCUT2D eigenvalue weighted by atomic mass is 32.2. The summed E-state index contributed by atoms with van der Waals surface area (Å²) in [6.07, 6.45) is 9.35. The van der Waals surface area contributed by atoms with E-state index in [9.17, 15) is 14.0 Å². The minimum Gasteiger partial charge on any atom is -0.495 e. The minimum absolute atomic E-state index is 0.222. The van der Waals surface area contributed by atoms with Crippen molar-refractivity contribution in [2.45, 2.75) is 51.1 Å². The largest absolute Gasteiger partial charge is 0.495 e. The SMILES string of the molecule is COc1cc(/C=C2\N=C(SC)N(C(CCCC(C)(C)[Si](O)(c3ccccc3)c3ccccc3)c3ccc(F)cc3)C2=O)ccc1-n1cnc(C)c1. The number of imidazole rings is 1. The third kappa shape index (κ3) is 7.35. The van der Waals surface area contributed by atoms with Crippen molar-refractivity contribution in [3.8, 4) is 11.4 Å². The molecule has 1 amide bonds. The number of hydrogen-bond donors (Lipinski definition) is 1. The van der Waals surface area contributed by atoms with Crippen LogP contribution in [0.4, 0.5) is 4.39 Å². The van der Waals surface area contributed by atoms with Gasteiger partial charge in [0.25, 0.3) is 14.2 Å². The van der Waals surface area contributed by atoms with Gasteiger partial charge in [-0.15, -0.1) is 0 Å². The molecule has 0 radical (unpaired) electrons. The number of benzene rings is 4. The molecule has 1 N–H and O–H groups in total. The molecule has 1 atom stereocenters. The van der Waals surface area contributed by atoms with Crippen molar-refractivity contribution >= 4 is 47.6 Å². The molecule has 5 aromatic rings. The van der Waals surface area contributed by atoms with E-state index in [1.54, 1.807) is 36.5 Å². The second kappa shape index (κ2) is 15.2. The van der Waals surface area contributed by atoms with Crippen molar-refractivity contribution in [1.29, 1.82) is 0 Å². The van der Waals surface area contributed by atoms with Crippen molar-refractivity contribution < 1.29 is 18.7 Å². The Morgan fingerprint density at radius 1 is 0.980 bits per heavy atom. The summed E-state index contributed by atoms with van der Waals surface area (Å²) >= 11 is 1.40. The van der Waals surface area contributed by atoms with Gasteiger partial charge in [-0.05, 0) is 82.9 Å². The summed E-state index contributed by atoms with van der Waals surface area (Å²) in [5.41, 5.74) is 3.64. The number of thioether (sulfide) groups is 1. The molecule has 0 spiro atoms. The fraction of sp³-hybridized carbons (Fsp3) is 0.244. The van der Waals surface area contributed by atoms with E-state index in [1.807, 2.05) is 103 Å². The maximum atomic E-state index is 14.3. The number of aryl methyl sites for hydroxylation is 1. The lowest BCUT2D eigenvalue weighted by Crippen LogP contribution is -2.65.